The van der Waals surface area contributed by atoms with Gasteiger partial charge in [0.05, 0.1) is 7.11 Å². The van der Waals surface area contributed by atoms with Gasteiger partial charge in [0.2, 0.25) is 0 Å². The third-order valence-electron chi connectivity index (χ3n) is 1.93. The molecule has 0 aliphatic rings. The van der Waals surface area contributed by atoms with Crippen LogP contribution in [-0.2, 0) is 0 Å². The Balaban J connectivity index is 3.31. The summed E-state index contributed by atoms with van der Waals surface area (Å²) in [6.07, 6.45) is -4.80. The fourth-order valence-electron chi connectivity index (χ4n) is 1.20. The smallest absolute Gasteiger partial charge is 0.407 e. The quantitative estimate of drug-likeness (QED) is 0.807. The van der Waals surface area contributed by atoms with Gasteiger partial charge in [-0.3, -0.25) is 0 Å². The van der Waals surface area contributed by atoms with Gasteiger partial charge >= 0.3 is 6.18 Å². The minimum atomic E-state index is -4.80. The molecule has 0 saturated carbocycles. The molecule has 0 radical (unpaired) electrons. The number of methoxy groups -OCH3 is 1. The minimum absolute atomic E-state index is 0.422. The molecule has 0 aliphatic heterocycles. The lowest BCUT2D eigenvalue weighted by Crippen LogP contribution is -2.29. The minimum Gasteiger partial charge on any atom is -0.493 e. The Bertz CT molecular complexity index is 390. The number of ether oxygens (including phenoxy) is 1. The summed E-state index contributed by atoms with van der Waals surface area (Å²) < 4.78 is 67.1. The molecule has 1 atom stereocenters. The molecule has 0 aromatic heterocycles. The van der Waals surface area contributed by atoms with Crippen LogP contribution in [-0.4, -0.2) is 13.3 Å². The first-order valence-corrected chi connectivity index (χ1v) is 4.12. The van der Waals surface area contributed by atoms with Crippen LogP contribution < -0.4 is 10.5 Å². The van der Waals surface area contributed by atoms with E-state index in [1.54, 1.807) is 0 Å². The largest absolute Gasteiger partial charge is 0.493 e. The van der Waals surface area contributed by atoms with E-state index in [4.69, 9.17) is 5.73 Å². The van der Waals surface area contributed by atoms with E-state index < -0.39 is 35.2 Å². The maximum atomic E-state index is 13.1. The highest BCUT2D eigenvalue weighted by Gasteiger charge is 2.40. The average molecular weight is 241 g/mol. The number of hydrogen-bond donors (Lipinski definition) is 1. The monoisotopic (exact) mass is 241 g/mol. The summed E-state index contributed by atoms with van der Waals surface area (Å²) in [5, 5.41) is 0. The normalized spacial score (nSPS) is 13.7. The van der Waals surface area contributed by atoms with Gasteiger partial charge in [0.25, 0.3) is 0 Å². The van der Waals surface area contributed by atoms with Crippen LogP contribution in [0.3, 0.4) is 0 Å². The third kappa shape index (κ3) is 2.41. The Hall–Kier alpha value is -1.37. The lowest BCUT2D eigenvalue weighted by Gasteiger charge is -2.18. The molecule has 0 unspecified atom stereocenters. The first-order valence-electron chi connectivity index (χ1n) is 4.12. The highest BCUT2D eigenvalue weighted by molar-refractivity contribution is 5.38. The Morgan fingerprint density at radius 3 is 2.25 bits per heavy atom. The maximum Gasteiger partial charge on any atom is 0.407 e. The molecule has 2 nitrogen and oxygen atoms in total. The number of halogens is 5. The van der Waals surface area contributed by atoms with Crippen molar-refractivity contribution in [1.29, 1.82) is 0 Å². The second kappa shape index (κ2) is 4.25. The Labute approximate surface area is 87.8 Å². The van der Waals surface area contributed by atoms with Gasteiger partial charge in [-0.15, -0.1) is 0 Å². The molecule has 0 aliphatic carbocycles. The average Bonchev–Trinajstić information content (AvgIpc) is 2.14. The number of nitrogens with two attached hydrogens (primary N) is 1. The van der Waals surface area contributed by atoms with Gasteiger partial charge < -0.3 is 10.5 Å². The molecular formula is C9H8F5NO. The molecule has 7 heteroatoms. The molecule has 0 amide bonds. The second-order valence-corrected chi connectivity index (χ2v) is 3.03. The summed E-state index contributed by atoms with van der Waals surface area (Å²) in [6.45, 7) is 0. The molecule has 2 N–H and O–H groups in total. The van der Waals surface area contributed by atoms with Crippen LogP contribution in [0.5, 0.6) is 5.75 Å². The number of hydrogen-bond acceptors (Lipinski definition) is 2. The van der Waals surface area contributed by atoms with Crippen LogP contribution in [0.1, 0.15) is 11.6 Å². The summed E-state index contributed by atoms with van der Waals surface area (Å²) in [7, 11) is 0.975. The van der Waals surface area contributed by atoms with Gasteiger partial charge in [0.1, 0.15) is 11.9 Å². The Morgan fingerprint density at radius 2 is 1.81 bits per heavy atom. The molecule has 0 spiro atoms. The highest BCUT2D eigenvalue weighted by Crippen LogP contribution is 2.36. The first kappa shape index (κ1) is 12.7. The predicted molar refractivity (Wildman–Crippen MR) is 45.9 cm³/mol. The maximum absolute atomic E-state index is 13.1. The van der Waals surface area contributed by atoms with Crippen LogP contribution in [0.25, 0.3) is 0 Å². The standard InChI is InChI=1S/C9H8F5NO/c1-16-7-5(8(15)9(12,13)14)2-4(10)3-6(7)11/h2-3,8H,15H2,1H3/t8-/m0/s1. The first-order chi connectivity index (χ1) is 7.27. The summed E-state index contributed by atoms with van der Waals surface area (Å²) >= 11 is 0. The summed E-state index contributed by atoms with van der Waals surface area (Å²) in [4.78, 5) is 0. The zero-order valence-electron chi connectivity index (χ0n) is 8.11. The molecular weight excluding hydrogens is 233 g/mol. The molecule has 0 bridgehead atoms. The number of rotatable bonds is 2. The SMILES string of the molecule is COc1c(F)cc(F)cc1[C@H](N)C(F)(F)F. The van der Waals surface area contributed by atoms with Gasteiger partial charge in [-0.1, -0.05) is 0 Å². The van der Waals surface area contributed by atoms with Crippen LogP contribution >= 0.6 is 0 Å². The van der Waals surface area contributed by atoms with Crippen molar-refractivity contribution in [2.75, 3.05) is 7.11 Å². The van der Waals surface area contributed by atoms with E-state index in [1.165, 1.54) is 0 Å². The molecule has 16 heavy (non-hydrogen) atoms. The zero-order valence-corrected chi connectivity index (χ0v) is 8.11. The third-order valence-corrected chi connectivity index (χ3v) is 1.93. The van der Waals surface area contributed by atoms with E-state index in [0.29, 0.717) is 12.1 Å². The molecule has 1 aromatic carbocycles. The van der Waals surface area contributed by atoms with Crippen molar-refractivity contribution in [1.82, 2.24) is 0 Å². The van der Waals surface area contributed by atoms with E-state index in [-0.39, 0.29) is 0 Å². The predicted octanol–water partition coefficient (Wildman–Crippen LogP) is 2.54. The molecule has 90 valence electrons. The van der Waals surface area contributed by atoms with Gasteiger partial charge in [-0.05, 0) is 6.07 Å². The lowest BCUT2D eigenvalue weighted by atomic mass is 10.1. The van der Waals surface area contributed by atoms with Crippen molar-refractivity contribution in [2.45, 2.75) is 12.2 Å². The fourth-order valence-corrected chi connectivity index (χ4v) is 1.20. The van der Waals surface area contributed by atoms with E-state index in [0.717, 1.165) is 7.11 Å². The van der Waals surface area contributed by atoms with Crippen molar-refractivity contribution >= 4 is 0 Å². The highest BCUT2D eigenvalue weighted by atomic mass is 19.4. The van der Waals surface area contributed by atoms with Crippen LogP contribution in [0.4, 0.5) is 22.0 Å². The second-order valence-electron chi connectivity index (χ2n) is 3.03. The van der Waals surface area contributed by atoms with Crippen LogP contribution in [0.2, 0.25) is 0 Å². The van der Waals surface area contributed by atoms with Gasteiger partial charge in [0.15, 0.2) is 11.6 Å². The van der Waals surface area contributed by atoms with Crippen molar-refractivity contribution in [2.24, 2.45) is 5.73 Å². The molecule has 1 aromatic rings. The molecule has 0 saturated heterocycles. The lowest BCUT2D eigenvalue weighted by molar-refractivity contribution is -0.149. The van der Waals surface area contributed by atoms with Gasteiger partial charge in [-0.2, -0.15) is 13.2 Å². The van der Waals surface area contributed by atoms with Crippen molar-refractivity contribution in [3.8, 4) is 5.75 Å². The van der Waals surface area contributed by atoms with Crippen molar-refractivity contribution < 1.29 is 26.7 Å². The van der Waals surface area contributed by atoms with E-state index >= 15 is 0 Å². The zero-order chi connectivity index (χ0) is 12.5. The van der Waals surface area contributed by atoms with Crippen LogP contribution in [0.15, 0.2) is 12.1 Å². The number of alkyl halides is 3. The molecule has 0 fully saturated rings. The van der Waals surface area contributed by atoms with Gasteiger partial charge in [-0.25, -0.2) is 8.78 Å². The summed E-state index contributed by atoms with van der Waals surface area (Å²) in [5.74, 6) is -3.07. The van der Waals surface area contributed by atoms with E-state index in [2.05, 4.69) is 4.74 Å². The van der Waals surface area contributed by atoms with E-state index in [9.17, 15) is 22.0 Å². The molecule has 1 rings (SSSR count). The Kier molecular flexibility index (Phi) is 3.37. The van der Waals surface area contributed by atoms with Crippen molar-refractivity contribution in [3.63, 3.8) is 0 Å². The summed E-state index contributed by atoms with van der Waals surface area (Å²) in [6, 6.07) is -1.57. The van der Waals surface area contributed by atoms with Gasteiger partial charge in [0, 0.05) is 11.6 Å². The Morgan fingerprint density at radius 1 is 1.25 bits per heavy atom. The van der Waals surface area contributed by atoms with Crippen LogP contribution in [0, 0.1) is 11.6 Å². The fraction of sp³-hybridized carbons (Fsp3) is 0.333. The topological polar surface area (TPSA) is 35.2 Å². The van der Waals surface area contributed by atoms with Crippen molar-refractivity contribution in [3.05, 3.63) is 29.3 Å². The number of benzene rings is 1. The molecule has 0 heterocycles. The van der Waals surface area contributed by atoms with E-state index in [1.807, 2.05) is 0 Å². The summed E-state index contributed by atoms with van der Waals surface area (Å²) in [5.41, 5.74) is 4.08.